The number of aliphatic carboxylic acids is 1. The first-order chi connectivity index (χ1) is 18.2. The number of aliphatic hydroxyl groups excluding tert-OH is 2. The molecule has 0 radical (unpaired) electrons. The first-order valence-electron chi connectivity index (χ1n) is 12.1. The van der Waals surface area contributed by atoms with Crippen molar-refractivity contribution in [1.82, 2.24) is 25.6 Å². The molecule has 1 saturated heterocycles. The minimum atomic E-state index is -1.01. The van der Waals surface area contributed by atoms with Crippen LogP contribution in [0.3, 0.4) is 0 Å². The average Bonchev–Trinajstić information content (AvgIpc) is 3.42. The standard InChI is InChI=1S/C26H29ClFN5O5/c27-19-5-6-22(28)21(9-19)17-3-1-16(2-4-17)7-20(30-24(36)23-10-29-32-31-23)8-18(25(37)38)11-33-12-26(13-33,14-34)15-35/h1-6,9-10,18,20,34-35H,7-8,11-15H2,(H,30,36)(H,37,38)(H,29,31,32)/t18-,20+/m0/s1. The number of aromatic amines is 1. The van der Waals surface area contributed by atoms with Crippen LogP contribution in [0.15, 0.2) is 48.7 Å². The fourth-order valence-corrected chi connectivity index (χ4v) is 4.95. The van der Waals surface area contributed by atoms with Gasteiger partial charge in [-0.2, -0.15) is 0 Å². The van der Waals surface area contributed by atoms with E-state index in [9.17, 15) is 29.3 Å². The van der Waals surface area contributed by atoms with E-state index in [0.717, 1.165) is 5.56 Å². The molecule has 2 aromatic carbocycles. The number of amides is 1. The number of halogens is 2. The van der Waals surface area contributed by atoms with Gasteiger partial charge in [-0.3, -0.25) is 14.7 Å². The van der Waals surface area contributed by atoms with Gasteiger partial charge >= 0.3 is 5.97 Å². The molecule has 10 nitrogen and oxygen atoms in total. The highest BCUT2D eigenvalue weighted by molar-refractivity contribution is 6.30. The molecule has 3 aromatic rings. The Balaban J connectivity index is 1.49. The van der Waals surface area contributed by atoms with Crippen molar-refractivity contribution < 1.29 is 29.3 Å². The lowest BCUT2D eigenvalue weighted by molar-refractivity contribution is -0.145. The van der Waals surface area contributed by atoms with Gasteiger partial charge in [0.15, 0.2) is 0 Å². The van der Waals surface area contributed by atoms with Gasteiger partial charge in [0.2, 0.25) is 0 Å². The second-order valence-corrected chi connectivity index (χ2v) is 10.3. The fourth-order valence-electron chi connectivity index (χ4n) is 4.78. The molecule has 38 heavy (non-hydrogen) atoms. The largest absolute Gasteiger partial charge is 0.481 e. The molecule has 4 rings (SSSR count). The summed E-state index contributed by atoms with van der Waals surface area (Å²) < 4.78 is 14.3. The number of aliphatic hydroxyl groups is 2. The lowest BCUT2D eigenvalue weighted by Crippen LogP contribution is -2.61. The van der Waals surface area contributed by atoms with E-state index in [2.05, 4.69) is 20.7 Å². The fraction of sp³-hybridized carbons (Fsp3) is 0.385. The highest BCUT2D eigenvalue weighted by atomic mass is 35.5. The molecule has 1 fully saturated rings. The van der Waals surface area contributed by atoms with Crippen molar-refractivity contribution in [2.24, 2.45) is 11.3 Å². The summed E-state index contributed by atoms with van der Waals surface area (Å²) in [5.74, 6) is -2.69. The Bertz CT molecular complexity index is 1250. The van der Waals surface area contributed by atoms with Gasteiger partial charge in [0, 0.05) is 41.7 Å². The predicted molar refractivity (Wildman–Crippen MR) is 137 cm³/mol. The number of aromatic nitrogens is 3. The smallest absolute Gasteiger partial charge is 0.307 e. The molecular formula is C26H29ClFN5O5. The summed E-state index contributed by atoms with van der Waals surface area (Å²) in [7, 11) is 0. The lowest BCUT2D eigenvalue weighted by Gasteiger charge is -2.49. The number of nitrogens with one attached hydrogen (secondary N) is 2. The number of hydrogen-bond donors (Lipinski definition) is 5. The quantitative estimate of drug-likeness (QED) is 0.232. The van der Waals surface area contributed by atoms with Gasteiger partial charge in [-0.25, -0.2) is 4.39 Å². The van der Waals surface area contributed by atoms with Crippen LogP contribution in [0.25, 0.3) is 11.1 Å². The summed E-state index contributed by atoms with van der Waals surface area (Å²) in [6, 6.07) is 10.9. The number of rotatable bonds is 12. The lowest BCUT2D eigenvalue weighted by atomic mass is 9.80. The van der Waals surface area contributed by atoms with Crippen molar-refractivity contribution in [3.05, 3.63) is 70.8 Å². The zero-order valence-corrected chi connectivity index (χ0v) is 21.2. The topological polar surface area (TPSA) is 152 Å². The van der Waals surface area contributed by atoms with Crippen molar-refractivity contribution in [3.8, 4) is 11.1 Å². The van der Waals surface area contributed by atoms with E-state index in [1.54, 1.807) is 30.3 Å². The number of hydrogen-bond acceptors (Lipinski definition) is 7. The number of carboxylic acids is 1. The first kappa shape index (κ1) is 27.6. The minimum absolute atomic E-state index is 0.134. The van der Waals surface area contributed by atoms with Crippen LogP contribution < -0.4 is 5.32 Å². The second-order valence-electron chi connectivity index (χ2n) is 9.82. The van der Waals surface area contributed by atoms with E-state index < -0.39 is 35.1 Å². The maximum absolute atomic E-state index is 14.3. The van der Waals surface area contributed by atoms with Crippen LogP contribution in [0.1, 0.15) is 22.5 Å². The Morgan fingerprint density at radius 2 is 1.87 bits per heavy atom. The third-order valence-electron chi connectivity index (χ3n) is 6.86. The van der Waals surface area contributed by atoms with Crippen LogP contribution in [0.2, 0.25) is 5.02 Å². The van der Waals surface area contributed by atoms with Crippen LogP contribution in [0.4, 0.5) is 4.39 Å². The first-order valence-corrected chi connectivity index (χ1v) is 12.5. The molecule has 0 saturated carbocycles. The molecule has 0 bridgehead atoms. The predicted octanol–water partition coefficient (Wildman–Crippen LogP) is 1.98. The number of carbonyl (C=O) groups excluding carboxylic acids is 1. The maximum atomic E-state index is 14.3. The normalized spacial score (nSPS) is 16.4. The van der Waals surface area contributed by atoms with Crippen molar-refractivity contribution >= 4 is 23.5 Å². The molecule has 2 heterocycles. The molecule has 0 unspecified atom stereocenters. The number of likely N-dealkylation sites (tertiary alicyclic amines) is 1. The number of benzene rings is 2. The molecule has 5 N–H and O–H groups in total. The monoisotopic (exact) mass is 545 g/mol. The van der Waals surface area contributed by atoms with E-state index in [1.165, 1.54) is 18.3 Å². The van der Waals surface area contributed by atoms with E-state index in [4.69, 9.17) is 11.6 Å². The number of carbonyl (C=O) groups is 2. The SMILES string of the molecule is O=C(N[C@H](Cc1ccc(-c2cc(Cl)ccc2F)cc1)C[C@@H](CN1CC(CO)(CO)C1)C(=O)O)c1cnn[nH]1. The van der Waals surface area contributed by atoms with Gasteiger partial charge < -0.3 is 25.5 Å². The molecule has 1 aliphatic rings. The maximum Gasteiger partial charge on any atom is 0.307 e. The molecule has 1 amide bonds. The zero-order valence-electron chi connectivity index (χ0n) is 20.5. The van der Waals surface area contributed by atoms with E-state index in [0.29, 0.717) is 35.7 Å². The highest BCUT2D eigenvalue weighted by Crippen LogP contribution is 2.31. The average molecular weight is 546 g/mol. The molecule has 1 aromatic heterocycles. The summed E-state index contributed by atoms with van der Waals surface area (Å²) in [5.41, 5.74) is 1.34. The van der Waals surface area contributed by atoms with Crippen molar-refractivity contribution in [1.29, 1.82) is 0 Å². The molecule has 0 aliphatic carbocycles. The Morgan fingerprint density at radius 1 is 1.16 bits per heavy atom. The van der Waals surface area contributed by atoms with Gasteiger partial charge in [-0.05, 0) is 42.2 Å². The molecule has 0 spiro atoms. The minimum Gasteiger partial charge on any atom is -0.481 e. The van der Waals surface area contributed by atoms with E-state index in [1.807, 2.05) is 4.90 Å². The Kier molecular flexibility index (Phi) is 8.72. The summed E-state index contributed by atoms with van der Waals surface area (Å²) in [6.45, 7) is 0.639. The van der Waals surface area contributed by atoms with Crippen molar-refractivity contribution in [2.75, 3.05) is 32.8 Å². The van der Waals surface area contributed by atoms with Crippen LogP contribution >= 0.6 is 11.6 Å². The summed E-state index contributed by atoms with van der Waals surface area (Å²) in [4.78, 5) is 26.7. The highest BCUT2D eigenvalue weighted by Gasteiger charge is 2.43. The Labute approximate surface area is 223 Å². The summed E-state index contributed by atoms with van der Waals surface area (Å²) in [5, 5.41) is 41.9. The zero-order chi connectivity index (χ0) is 27.3. The number of H-pyrrole nitrogens is 1. The van der Waals surface area contributed by atoms with Crippen LogP contribution in [0.5, 0.6) is 0 Å². The van der Waals surface area contributed by atoms with E-state index >= 15 is 0 Å². The van der Waals surface area contributed by atoms with Gasteiger partial charge in [0.1, 0.15) is 11.5 Å². The molecule has 202 valence electrons. The molecular weight excluding hydrogens is 517 g/mol. The van der Waals surface area contributed by atoms with Crippen molar-refractivity contribution in [3.63, 3.8) is 0 Å². The van der Waals surface area contributed by atoms with Crippen molar-refractivity contribution in [2.45, 2.75) is 18.9 Å². The Morgan fingerprint density at radius 3 is 2.47 bits per heavy atom. The third kappa shape index (κ3) is 6.54. The van der Waals surface area contributed by atoms with E-state index in [-0.39, 0.29) is 31.9 Å². The van der Waals surface area contributed by atoms with Crippen LogP contribution in [-0.2, 0) is 11.2 Å². The Hall–Kier alpha value is -3.38. The molecule has 2 atom stereocenters. The second kappa shape index (κ2) is 12.0. The van der Waals surface area contributed by atoms with Gasteiger partial charge in [-0.1, -0.05) is 41.1 Å². The summed E-state index contributed by atoms with van der Waals surface area (Å²) in [6.07, 6.45) is 1.74. The van der Waals surface area contributed by atoms with Gasteiger partial charge in [0.25, 0.3) is 5.91 Å². The molecule has 1 aliphatic heterocycles. The van der Waals surface area contributed by atoms with Crippen LogP contribution in [0, 0.1) is 17.2 Å². The van der Waals surface area contributed by atoms with Gasteiger partial charge in [-0.15, -0.1) is 5.10 Å². The third-order valence-corrected chi connectivity index (χ3v) is 7.09. The van der Waals surface area contributed by atoms with Crippen LogP contribution in [-0.4, -0.2) is 86.4 Å². The number of carboxylic acid groups (broad SMARTS) is 1. The number of nitrogens with zero attached hydrogens (tertiary/aromatic N) is 3. The van der Waals surface area contributed by atoms with Gasteiger partial charge in [0.05, 0.1) is 25.3 Å². The summed E-state index contributed by atoms with van der Waals surface area (Å²) >= 11 is 6.02. The molecule has 12 heteroatoms.